The minimum absolute atomic E-state index is 0.0452. The van der Waals surface area contributed by atoms with Crippen LogP contribution in [-0.2, 0) is 11.3 Å². The molecule has 3 aromatic rings. The van der Waals surface area contributed by atoms with Gasteiger partial charge in [0.05, 0.1) is 12.6 Å². The predicted octanol–water partition coefficient (Wildman–Crippen LogP) is 3.64. The summed E-state index contributed by atoms with van der Waals surface area (Å²) in [6.45, 7) is 6.30. The molecule has 0 fully saturated rings. The van der Waals surface area contributed by atoms with E-state index in [4.69, 9.17) is 4.74 Å². The quantitative estimate of drug-likeness (QED) is 0.650. The number of fused-ring (bicyclic) bond motifs is 1. The van der Waals surface area contributed by atoms with Crippen molar-refractivity contribution in [1.29, 1.82) is 0 Å². The Morgan fingerprint density at radius 1 is 1.33 bits per heavy atom. The van der Waals surface area contributed by atoms with Crippen LogP contribution in [0.2, 0.25) is 0 Å². The first kappa shape index (κ1) is 19.1. The number of carbonyl (C=O) groups excluding carboxylic acids is 1. The Kier molecular flexibility index (Phi) is 5.60. The molecule has 3 rings (SSSR count). The van der Waals surface area contributed by atoms with Crippen LogP contribution in [0.25, 0.3) is 10.9 Å². The first-order chi connectivity index (χ1) is 13.0. The molecule has 27 heavy (non-hydrogen) atoms. The lowest BCUT2D eigenvalue weighted by Gasteiger charge is -2.20. The topological polar surface area (TPSA) is 64.4 Å². The zero-order valence-corrected chi connectivity index (χ0v) is 16.7. The largest absolute Gasteiger partial charge is 0.497 e. The maximum absolute atomic E-state index is 13.1. The molecule has 6 nitrogen and oxygen atoms in total. The lowest BCUT2D eigenvalue weighted by Crippen LogP contribution is -2.37. The van der Waals surface area contributed by atoms with E-state index in [0.29, 0.717) is 28.5 Å². The number of methoxy groups -OCH3 is 1. The van der Waals surface area contributed by atoms with Crippen molar-refractivity contribution in [3.63, 3.8) is 0 Å². The fraction of sp³-hybridized carbons (Fsp3) is 0.350. The van der Waals surface area contributed by atoms with E-state index in [0.717, 1.165) is 5.39 Å². The Hall–Kier alpha value is -2.67. The maximum atomic E-state index is 13.1. The molecule has 2 heterocycles. The third-order valence-electron chi connectivity index (χ3n) is 4.51. The van der Waals surface area contributed by atoms with Crippen molar-refractivity contribution in [3.05, 3.63) is 51.8 Å². The van der Waals surface area contributed by atoms with Gasteiger partial charge in [-0.05, 0) is 36.4 Å². The number of anilines is 1. The molecule has 142 valence electrons. The van der Waals surface area contributed by atoms with Crippen molar-refractivity contribution < 1.29 is 9.53 Å². The number of likely N-dealkylation sites (N-methyl/N-ethyl adjacent to an activating group) is 1. The molecule has 1 aromatic carbocycles. The van der Waals surface area contributed by atoms with E-state index in [1.807, 2.05) is 44.4 Å². The van der Waals surface area contributed by atoms with E-state index in [1.165, 1.54) is 11.3 Å². The van der Waals surface area contributed by atoms with Crippen LogP contribution < -0.4 is 15.2 Å². The Labute approximate surface area is 162 Å². The maximum Gasteiger partial charge on any atom is 0.254 e. The Balaban J connectivity index is 2.12. The zero-order valence-electron chi connectivity index (χ0n) is 15.9. The van der Waals surface area contributed by atoms with Gasteiger partial charge in [0.15, 0.2) is 5.13 Å². The minimum atomic E-state index is -0.167. The summed E-state index contributed by atoms with van der Waals surface area (Å²) in [4.78, 5) is 31.9. The van der Waals surface area contributed by atoms with Crippen LogP contribution in [0.3, 0.4) is 0 Å². The van der Waals surface area contributed by atoms with Gasteiger partial charge in [-0.15, -0.1) is 11.3 Å². The van der Waals surface area contributed by atoms with E-state index >= 15 is 0 Å². The molecule has 0 aliphatic heterocycles. The van der Waals surface area contributed by atoms with Gasteiger partial charge in [-0.25, -0.2) is 4.98 Å². The van der Waals surface area contributed by atoms with Gasteiger partial charge in [0.2, 0.25) is 5.91 Å². The summed E-state index contributed by atoms with van der Waals surface area (Å²) in [5.74, 6) is 0.541. The molecule has 2 aromatic heterocycles. The van der Waals surface area contributed by atoms with Crippen molar-refractivity contribution in [2.45, 2.75) is 33.2 Å². The molecular weight excluding hydrogens is 362 g/mol. The van der Waals surface area contributed by atoms with E-state index in [-0.39, 0.29) is 23.9 Å². The second-order valence-corrected chi connectivity index (χ2v) is 7.40. The molecule has 0 radical (unpaired) electrons. The molecule has 0 atom stereocenters. The van der Waals surface area contributed by atoms with Gasteiger partial charge in [-0.1, -0.05) is 13.8 Å². The molecule has 0 saturated heterocycles. The Bertz CT molecular complexity index is 1010. The lowest BCUT2D eigenvalue weighted by molar-refractivity contribution is -0.119. The summed E-state index contributed by atoms with van der Waals surface area (Å²) >= 11 is 1.40. The first-order valence-electron chi connectivity index (χ1n) is 8.87. The smallest absolute Gasteiger partial charge is 0.254 e. The summed E-state index contributed by atoms with van der Waals surface area (Å²) in [5, 5.41) is 3.37. The van der Waals surface area contributed by atoms with Gasteiger partial charge in [0, 0.05) is 29.8 Å². The van der Waals surface area contributed by atoms with Crippen LogP contribution in [0.15, 0.2) is 40.6 Å². The summed E-state index contributed by atoms with van der Waals surface area (Å²) in [6.07, 6.45) is 1.67. The molecule has 1 amide bonds. The number of aromatic nitrogens is 2. The molecule has 0 aliphatic carbocycles. The highest BCUT2D eigenvalue weighted by molar-refractivity contribution is 7.13. The number of rotatable bonds is 6. The van der Waals surface area contributed by atoms with Crippen LogP contribution in [0.5, 0.6) is 5.75 Å². The monoisotopic (exact) mass is 385 g/mol. The van der Waals surface area contributed by atoms with Crippen molar-refractivity contribution in [1.82, 2.24) is 9.55 Å². The Morgan fingerprint density at radius 3 is 2.70 bits per heavy atom. The van der Waals surface area contributed by atoms with Gasteiger partial charge >= 0.3 is 0 Å². The third-order valence-corrected chi connectivity index (χ3v) is 5.31. The van der Waals surface area contributed by atoms with Crippen LogP contribution in [-0.4, -0.2) is 29.1 Å². The average Bonchev–Trinajstić information content (AvgIpc) is 3.18. The van der Waals surface area contributed by atoms with Gasteiger partial charge in [-0.2, -0.15) is 0 Å². The van der Waals surface area contributed by atoms with E-state index in [9.17, 15) is 9.59 Å². The fourth-order valence-electron chi connectivity index (χ4n) is 3.06. The summed E-state index contributed by atoms with van der Waals surface area (Å²) in [6, 6.07) is 7.48. The number of thiazole rings is 1. The second kappa shape index (κ2) is 7.92. The molecule has 0 N–H and O–H groups in total. The number of ether oxygens (including phenoxy) is 1. The SMILES string of the molecule is CCN(C(=O)Cn1c(=O)c(C(C)C)cc2ccc(OC)cc21)c1nccs1. The van der Waals surface area contributed by atoms with Gasteiger partial charge in [0.1, 0.15) is 12.3 Å². The number of benzene rings is 1. The summed E-state index contributed by atoms with van der Waals surface area (Å²) in [5.41, 5.74) is 1.24. The average molecular weight is 385 g/mol. The van der Waals surface area contributed by atoms with Crippen molar-refractivity contribution in [2.24, 2.45) is 0 Å². The highest BCUT2D eigenvalue weighted by Crippen LogP contribution is 2.24. The highest BCUT2D eigenvalue weighted by atomic mass is 32.1. The van der Waals surface area contributed by atoms with Crippen molar-refractivity contribution in [2.75, 3.05) is 18.6 Å². The first-order valence-corrected chi connectivity index (χ1v) is 9.75. The molecule has 0 spiro atoms. The van der Waals surface area contributed by atoms with E-state index in [2.05, 4.69) is 4.98 Å². The molecule has 0 aliphatic rings. The number of carbonyl (C=O) groups is 1. The van der Waals surface area contributed by atoms with Crippen LogP contribution in [0.4, 0.5) is 5.13 Å². The second-order valence-electron chi connectivity index (χ2n) is 6.52. The molecular formula is C20H23N3O3S. The van der Waals surface area contributed by atoms with Crippen LogP contribution >= 0.6 is 11.3 Å². The van der Waals surface area contributed by atoms with E-state index in [1.54, 1.807) is 28.8 Å². The molecule has 0 bridgehead atoms. The summed E-state index contributed by atoms with van der Waals surface area (Å²) in [7, 11) is 1.58. The third kappa shape index (κ3) is 3.73. The zero-order chi connectivity index (χ0) is 19.6. The standard InChI is InChI=1S/C20H23N3O3S/c1-5-22(20-21-8-9-27-20)18(24)12-23-17-11-15(26-4)7-6-14(17)10-16(13(2)3)19(23)25/h6-11,13H,5,12H2,1-4H3. The molecule has 0 saturated carbocycles. The minimum Gasteiger partial charge on any atom is -0.497 e. The summed E-state index contributed by atoms with van der Waals surface area (Å²) < 4.78 is 6.86. The van der Waals surface area contributed by atoms with Gasteiger partial charge in [0.25, 0.3) is 5.56 Å². The molecule has 7 heteroatoms. The normalized spacial score (nSPS) is 11.1. The highest BCUT2D eigenvalue weighted by Gasteiger charge is 2.20. The van der Waals surface area contributed by atoms with Crippen LogP contribution in [0.1, 0.15) is 32.3 Å². The van der Waals surface area contributed by atoms with Crippen molar-refractivity contribution >= 4 is 33.3 Å². The number of hydrogen-bond donors (Lipinski definition) is 0. The Morgan fingerprint density at radius 2 is 2.11 bits per heavy atom. The van der Waals surface area contributed by atoms with Gasteiger partial charge in [-0.3, -0.25) is 19.1 Å². The number of hydrogen-bond acceptors (Lipinski definition) is 5. The number of amides is 1. The molecule has 0 unspecified atom stereocenters. The predicted molar refractivity (Wildman–Crippen MR) is 109 cm³/mol. The fourth-order valence-corrected chi connectivity index (χ4v) is 3.78. The number of pyridine rings is 1. The van der Waals surface area contributed by atoms with E-state index < -0.39 is 0 Å². The van der Waals surface area contributed by atoms with Crippen molar-refractivity contribution in [3.8, 4) is 5.75 Å². The van der Waals surface area contributed by atoms with Crippen LogP contribution in [0, 0.1) is 0 Å². The van der Waals surface area contributed by atoms with Gasteiger partial charge < -0.3 is 4.74 Å². The lowest BCUT2D eigenvalue weighted by atomic mass is 10.0. The number of nitrogens with zero attached hydrogens (tertiary/aromatic N) is 3.